The Bertz CT molecular complexity index is 517. The van der Waals surface area contributed by atoms with Crippen molar-refractivity contribution < 1.29 is 14.3 Å². The topological polar surface area (TPSA) is 79.2 Å². The second-order valence-electron chi connectivity index (χ2n) is 4.57. The number of esters is 1. The molecule has 0 aliphatic heterocycles. The smallest absolute Gasteiger partial charge is 0.309 e. The number of rotatable bonds is 5. The highest BCUT2D eigenvalue weighted by molar-refractivity contribution is 5.95. The maximum atomic E-state index is 11.9. The largest absolute Gasteiger partial charge is 0.452 e. The van der Waals surface area contributed by atoms with Crippen molar-refractivity contribution in [3.8, 4) is 6.07 Å². The number of hydrogen-bond donors (Lipinski definition) is 1. The van der Waals surface area contributed by atoms with Gasteiger partial charge in [-0.15, -0.1) is 0 Å². The average molecular weight is 274 g/mol. The van der Waals surface area contributed by atoms with E-state index in [1.54, 1.807) is 31.2 Å². The van der Waals surface area contributed by atoms with Gasteiger partial charge in [0.2, 0.25) is 0 Å². The van der Waals surface area contributed by atoms with Crippen LogP contribution in [-0.4, -0.2) is 18.0 Å². The van der Waals surface area contributed by atoms with Crippen LogP contribution in [0.25, 0.3) is 0 Å². The molecule has 0 heterocycles. The molecule has 0 spiro atoms. The molecule has 0 radical (unpaired) electrons. The van der Waals surface area contributed by atoms with Crippen molar-refractivity contribution >= 4 is 17.6 Å². The van der Waals surface area contributed by atoms with Crippen molar-refractivity contribution in [3.05, 3.63) is 29.8 Å². The molecule has 0 aliphatic rings. The standard InChI is InChI=1S/C15H18N2O3/c1-4-10(2)15(19)20-11(3)14(18)17-13-7-5-12(9-16)6-8-13/h5-8,10-11H,4H2,1-3H3,(H,17,18)/t10-,11-/m0/s1. The summed E-state index contributed by atoms with van der Waals surface area (Å²) in [6.07, 6.45) is -0.185. The van der Waals surface area contributed by atoms with Crippen LogP contribution < -0.4 is 5.32 Å². The molecule has 5 heteroatoms. The minimum atomic E-state index is -0.854. The summed E-state index contributed by atoms with van der Waals surface area (Å²) in [6, 6.07) is 8.45. The summed E-state index contributed by atoms with van der Waals surface area (Å²) in [7, 11) is 0. The Morgan fingerprint density at radius 2 is 1.90 bits per heavy atom. The molecule has 1 amide bonds. The fourth-order valence-corrected chi connectivity index (χ4v) is 1.38. The quantitative estimate of drug-likeness (QED) is 0.836. The van der Waals surface area contributed by atoms with E-state index in [4.69, 9.17) is 10.00 Å². The number of nitriles is 1. The van der Waals surface area contributed by atoms with E-state index in [1.807, 2.05) is 13.0 Å². The lowest BCUT2D eigenvalue weighted by atomic mass is 10.1. The summed E-state index contributed by atoms with van der Waals surface area (Å²) in [5.74, 6) is -0.999. The molecule has 1 aromatic rings. The molecule has 1 aromatic carbocycles. The summed E-state index contributed by atoms with van der Waals surface area (Å²) in [6.45, 7) is 5.17. The Kier molecular flexibility index (Phi) is 5.73. The Morgan fingerprint density at radius 1 is 1.30 bits per heavy atom. The molecule has 1 N–H and O–H groups in total. The van der Waals surface area contributed by atoms with Crippen molar-refractivity contribution in [2.24, 2.45) is 5.92 Å². The number of amides is 1. The third kappa shape index (κ3) is 4.39. The summed E-state index contributed by atoms with van der Waals surface area (Å²) in [5, 5.41) is 11.3. The minimum absolute atomic E-state index is 0.222. The van der Waals surface area contributed by atoms with Crippen molar-refractivity contribution in [1.29, 1.82) is 5.26 Å². The van der Waals surface area contributed by atoms with E-state index in [-0.39, 0.29) is 11.9 Å². The number of carbonyl (C=O) groups is 2. The monoisotopic (exact) mass is 274 g/mol. The third-order valence-electron chi connectivity index (χ3n) is 2.96. The first kappa shape index (κ1) is 15.7. The lowest BCUT2D eigenvalue weighted by Gasteiger charge is -2.15. The van der Waals surface area contributed by atoms with Gasteiger partial charge in [-0.3, -0.25) is 9.59 Å². The Morgan fingerprint density at radius 3 is 2.40 bits per heavy atom. The molecule has 0 saturated heterocycles. The molecule has 1 rings (SSSR count). The van der Waals surface area contributed by atoms with Crippen LogP contribution in [0.2, 0.25) is 0 Å². The molecule has 0 unspecified atom stereocenters. The summed E-state index contributed by atoms with van der Waals surface area (Å²) in [5.41, 5.74) is 1.07. The molecule has 5 nitrogen and oxygen atoms in total. The molecular formula is C15H18N2O3. The molecule has 0 fully saturated rings. The van der Waals surface area contributed by atoms with E-state index in [9.17, 15) is 9.59 Å². The molecule has 0 aromatic heterocycles. The van der Waals surface area contributed by atoms with Gasteiger partial charge in [-0.05, 0) is 37.6 Å². The van der Waals surface area contributed by atoms with E-state index < -0.39 is 12.0 Å². The second-order valence-corrected chi connectivity index (χ2v) is 4.57. The molecule has 106 valence electrons. The van der Waals surface area contributed by atoms with Crippen molar-refractivity contribution in [3.63, 3.8) is 0 Å². The highest BCUT2D eigenvalue weighted by atomic mass is 16.5. The normalized spacial score (nSPS) is 12.9. The Labute approximate surface area is 118 Å². The van der Waals surface area contributed by atoms with Crippen molar-refractivity contribution in [1.82, 2.24) is 0 Å². The molecule has 2 atom stereocenters. The summed E-state index contributed by atoms with van der Waals surface area (Å²) >= 11 is 0. The van der Waals surface area contributed by atoms with Gasteiger partial charge in [0.05, 0.1) is 17.6 Å². The molecule has 0 bridgehead atoms. The van der Waals surface area contributed by atoms with Gasteiger partial charge < -0.3 is 10.1 Å². The van der Waals surface area contributed by atoms with E-state index >= 15 is 0 Å². The maximum absolute atomic E-state index is 11.9. The number of hydrogen-bond acceptors (Lipinski definition) is 4. The molecular weight excluding hydrogens is 256 g/mol. The van der Waals surface area contributed by atoms with Crippen molar-refractivity contribution in [2.75, 3.05) is 5.32 Å². The van der Waals surface area contributed by atoms with Crippen LogP contribution in [0.1, 0.15) is 32.8 Å². The van der Waals surface area contributed by atoms with Gasteiger partial charge in [0.25, 0.3) is 5.91 Å². The second kappa shape index (κ2) is 7.29. The number of benzene rings is 1. The van der Waals surface area contributed by atoms with Crippen LogP contribution in [0.3, 0.4) is 0 Å². The van der Waals surface area contributed by atoms with Crippen LogP contribution in [0.15, 0.2) is 24.3 Å². The molecule has 0 aliphatic carbocycles. The van der Waals surface area contributed by atoms with Gasteiger partial charge in [0.1, 0.15) is 0 Å². The lowest BCUT2D eigenvalue weighted by molar-refractivity contribution is -0.156. The number of anilines is 1. The minimum Gasteiger partial charge on any atom is -0.452 e. The Hall–Kier alpha value is -2.35. The zero-order chi connectivity index (χ0) is 15.1. The maximum Gasteiger partial charge on any atom is 0.309 e. The van der Waals surface area contributed by atoms with Crippen LogP contribution >= 0.6 is 0 Å². The fraction of sp³-hybridized carbons (Fsp3) is 0.400. The predicted octanol–water partition coefficient (Wildman–Crippen LogP) is 2.47. The van der Waals surface area contributed by atoms with E-state index in [2.05, 4.69) is 5.32 Å². The molecule has 20 heavy (non-hydrogen) atoms. The first-order valence-electron chi connectivity index (χ1n) is 6.49. The third-order valence-corrected chi connectivity index (χ3v) is 2.96. The van der Waals surface area contributed by atoms with Crippen LogP contribution in [-0.2, 0) is 14.3 Å². The zero-order valence-electron chi connectivity index (χ0n) is 11.8. The highest BCUT2D eigenvalue weighted by Gasteiger charge is 2.20. The number of nitrogens with one attached hydrogen (secondary N) is 1. The summed E-state index contributed by atoms with van der Waals surface area (Å²) in [4.78, 5) is 23.4. The van der Waals surface area contributed by atoms with Gasteiger partial charge in [-0.25, -0.2) is 0 Å². The number of ether oxygens (including phenoxy) is 1. The number of carbonyl (C=O) groups excluding carboxylic acids is 2. The Balaban J connectivity index is 2.57. The average Bonchev–Trinajstić information content (AvgIpc) is 2.46. The van der Waals surface area contributed by atoms with Crippen LogP contribution in [0, 0.1) is 17.2 Å². The van der Waals surface area contributed by atoms with Crippen LogP contribution in [0.4, 0.5) is 5.69 Å². The van der Waals surface area contributed by atoms with Gasteiger partial charge in [-0.1, -0.05) is 13.8 Å². The van der Waals surface area contributed by atoms with E-state index in [1.165, 1.54) is 6.92 Å². The first-order valence-corrected chi connectivity index (χ1v) is 6.49. The summed E-state index contributed by atoms with van der Waals surface area (Å²) < 4.78 is 5.08. The molecule has 0 saturated carbocycles. The predicted molar refractivity (Wildman–Crippen MR) is 74.8 cm³/mol. The van der Waals surface area contributed by atoms with E-state index in [0.717, 1.165) is 0 Å². The van der Waals surface area contributed by atoms with Gasteiger partial charge in [-0.2, -0.15) is 5.26 Å². The number of nitrogens with zero attached hydrogens (tertiary/aromatic N) is 1. The first-order chi connectivity index (χ1) is 9.47. The van der Waals surface area contributed by atoms with Crippen molar-refractivity contribution in [2.45, 2.75) is 33.3 Å². The van der Waals surface area contributed by atoms with Gasteiger partial charge >= 0.3 is 5.97 Å². The zero-order valence-corrected chi connectivity index (χ0v) is 11.8. The van der Waals surface area contributed by atoms with Gasteiger partial charge in [0.15, 0.2) is 6.10 Å². The highest BCUT2D eigenvalue weighted by Crippen LogP contribution is 2.11. The van der Waals surface area contributed by atoms with E-state index in [0.29, 0.717) is 17.7 Å². The van der Waals surface area contributed by atoms with Gasteiger partial charge in [0, 0.05) is 5.69 Å². The van der Waals surface area contributed by atoms with Crippen LogP contribution in [0.5, 0.6) is 0 Å². The lowest BCUT2D eigenvalue weighted by Crippen LogP contribution is -2.31. The SMILES string of the molecule is CC[C@H](C)C(=O)O[C@@H](C)C(=O)Nc1ccc(C#N)cc1. The fourth-order valence-electron chi connectivity index (χ4n) is 1.38.